The molecule has 6 heteroatoms. The molecule has 0 amide bonds. The van der Waals surface area contributed by atoms with E-state index in [-0.39, 0.29) is 0 Å². The van der Waals surface area contributed by atoms with Crippen molar-refractivity contribution in [2.24, 2.45) is 0 Å². The zero-order valence-corrected chi connectivity index (χ0v) is 17.9. The van der Waals surface area contributed by atoms with E-state index in [4.69, 9.17) is 0 Å². The number of allylic oxidation sites excluding steroid dienone is 1. The van der Waals surface area contributed by atoms with Crippen LogP contribution in [0.4, 0.5) is 0 Å². The Morgan fingerprint density at radius 1 is 0.833 bits per heavy atom. The maximum Gasteiger partial charge on any atom is 0.151 e. The molecule has 1 aliphatic rings. The minimum atomic E-state index is -1.02. The SMILES string of the molecule is OC1(Br)CCCCCCCC/C(Br)=C(/Br)C1(Br)Br. The van der Waals surface area contributed by atoms with Gasteiger partial charge in [0.1, 0.15) is 4.51 Å². The van der Waals surface area contributed by atoms with Gasteiger partial charge in [-0.2, -0.15) is 0 Å². The number of rotatable bonds is 0. The van der Waals surface area contributed by atoms with Crippen molar-refractivity contribution in [1.82, 2.24) is 0 Å². The highest BCUT2D eigenvalue weighted by Crippen LogP contribution is 2.54. The van der Waals surface area contributed by atoms with Crippen LogP contribution in [0.2, 0.25) is 0 Å². The molecule has 1 nitrogen and oxygen atoms in total. The van der Waals surface area contributed by atoms with Gasteiger partial charge in [0.25, 0.3) is 0 Å². The second-order valence-corrected chi connectivity index (χ2v) is 11.2. The molecule has 0 saturated heterocycles. The molecule has 1 N–H and O–H groups in total. The summed E-state index contributed by atoms with van der Waals surface area (Å²) >= 11 is 17.8. The van der Waals surface area contributed by atoms with Crippen LogP contribution < -0.4 is 0 Å². The molecule has 0 spiro atoms. The number of aliphatic hydroxyl groups is 1. The van der Waals surface area contributed by atoms with Crippen molar-refractivity contribution in [2.45, 2.75) is 59.1 Å². The van der Waals surface area contributed by atoms with E-state index in [1.54, 1.807) is 0 Å². The standard InChI is InChI=1S/C12H17Br5O/c13-9-7-5-3-1-2-4-6-8-11(15,18)12(16,17)10(9)14/h18H,1-8H2/b10-9-. The van der Waals surface area contributed by atoms with Crippen molar-refractivity contribution in [3.05, 3.63) is 8.96 Å². The molecule has 0 bridgehead atoms. The predicted octanol–water partition coefficient (Wildman–Crippen LogP) is 6.69. The first-order valence-electron chi connectivity index (χ1n) is 6.13. The van der Waals surface area contributed by atoms with Gasteiger partial charge < -0.3 is 5.11 Å². The molecule has 1 atom stereocenters. The van der Waals surface area contributed by atoms with Gasteiger partial charge in [0, 0.05) is 8.96 Å². The maximum absolute atomic E-state index is 10.6. The Kier molecular flexibility index (Phi) is 7.99. The van der Waals surface area contributed by atoms with Crippen molar-refractivity contribution in [2.75, 3.05) is 0 Å². The topological polar surface area (TPSA) is 20.2 Å². The molecule has 1 rings (SSSR count). The predicted molar refractivity (Wildman–Crippen MR) is 96.3 cm³/mol. The van der Waals surface area contributed by atoms with Gasteiger partial charge >= 0.3 is 0 Å². The quantitative estimate of drug-likeness (QED) is 0.319. The minimum Gasteiger partial charge on any atom is -0.376 e. The lowest BCUT2D eigenvalue weighted by Gasteiger charge is -2.35. The van der Waals surface area contributed by atoms with Gasteiger partial charge in [0.15, 0.2) is 3.23 Å². The molecular weight excluding hydrogens is 560 g/mol. The number of hydrogen-bond acceptors (Lipinski definition) is 1. The monoisotopic (exact) mass is 572 g/mol. The van der Waals surface area contributed by atoms with Crippen molar-refractivity contribution in [1.29, 1.82) is 0 Å². The van der Waals surface area contributed by atoms with E-state index in [9.17, 15) is 5.11 Å². The maximum atomic E-state index is 10.6. The summed E-state index contributed by atoms with van der Waals surface area (Å²) in [6.45, 7) is 0. The third-order valence-electron chi connectivity index (χ3n) is 3.15. The second-order valence-electron chi connectivity index (χ2n) is 4.67. The molecule has 0 fully saturated rings. The van der Waals surface area contributed by atoms with Gasteiger partial charge in [-0.3, -0.25) is 0 Å². The third-order valence-corrected chi connectivity index (χ3v) is 10.8. The van der Waals surface area contributed by atoms with Gasteiger partial charge in [0.2, 0.25) is 0 Å². The van der Waals surface area contributed by atoms with Crippen molar-refractivity contribution in [3.8, 4) is 0 Å². The normalized spacial score (nSPS) is 35.7. The van der Waals surface area contributed by atoms with Crippen LogP contribution in [0.25, 0.3) is 0 Å². The van der Waals surface area contributed by atoms with Crippen molar-refractivity contribution < 1.29 is 5.11 Å². The minimum absolute atomic E-state index is 0.693. The third kappa shape index (κ3) is 4.83. The fourth-order valence-electron chi connectivity index (χ4n) is 1.95. The molecule has 0 aromatic heterocycles. The van der Waals surface area contributed by atoms with E-state index < -0.39 is 7.74 Å². The van der Waals surface area contributed by atoms with Crippen LogP contribution in [-0.4, -0.2) is 12.9 Å². The van der Waals surface area contributed by atoms with E-state index in [1.165, 1.54) is 32.1 Å². The van der Waals surface area contributed by atoms with Gasteiger partial charge in [-0.1, -0.05) is 105 Å². The number of halogens is 5. The van der Waals surface area contributed by atoms with Crippen LogP contribution in [0.3, 0.4) is 0 Å². The highest BCUT2D eigenvalue weighted by atomic mass is 79.9. The van der Waals surface area contributed by atoms with Crippen molar-refractivity contribution in [3.63, 3.8) is 0 Å². The molecule has 1 aliphatic carbocycles. The van der Waals surface area contributed by atoms with Crippen molar-refractivity contribution >= 4 is 79.6 Å². The Labute approximate surface area is 151 Å². The summed E-state index contributed by atoms with van der Waals surface area (Å²) in [5, 5.41) is 10.6. The zero-order chi connectivity index (χ0) is 13.8. The molecule has 0 heterocycles. The Hall–Kier alpha value is 2.10. The molecule has 0 aromatic rings. The second kappa shape index (κ2) is 7.92. The highest BCUT2D eigenvalue weighted by Gasteiger charge is 2.47. The lowest BCUT2D eigenvalue weighted by atomic mass is 10.0. The lowest BCUT2D eigenvalue weighted by molar-refractivity contribution is 0.133. The van der Waals surface area contributed by atoms with E-state index in [0.717, 1.165) is 21.8 Å². The average Bonchev–Trinajstić information content (AvgIpc) is 2.29. The molecule has 0 radical (unpaired) electrons. The molecule has 18 heavy (non-hydrogen) atoms. The smallest absolute Gasteiger partial charge is 0.151 e. The largest absolute Gasteiger partial charge is 0.376 e. The first-order valence-corrected chi connectivity index (χ1v) is 10.1. The number of hydrogen-bond donors (Lipinski definition) is 1. The van der Waals surface area contributed by atoms with Crippen LogP contribution in [-0.2, 0) is 0 Å². The summed E-state index contributed by atoms with van der Waals surface area (Å²) in [6.07, 6.45) is 8.85. The van der Waals surface area contributed by atoms with Crippen LogP contribution in [0.1, 0.15) is 51.4 Å². The Bertz CT molecular complexity index is 312. The van der Waals surface area contributed by atoms with Gasteiger partial charge in [-0.05, 0) is 25.7 Å². The summed E-state index contributed by atoms with van der Waals surface area (Å²) in [6, 6.07) is 0. The molecule has 1 unspecified atom stereocenters. The molecular formula is C12H17Br5O. The van der Waals surface area contributed by atoms with E-state index in [1.807, 2.05) is 0 Å². The summed E-state index contributed by atoms with van der Waals surface area (Å²) in [5.41, 5.74) is 0. The van der Waals surface area contributed by atoms with Gasteiger partial charge in [-0.25, -0.2) is 0 Å². The number of alkyl halides is 3. The fraction of sp³-hybridized carbons (Fsp3) is 0.833. The first-order chi connectivity index (χ1) is 8.29. The Morgan fingerprint density at radius 2 is 1.33 bits per heavy atom. The van der Waals surface area contributed by atoms with Crippen LogP contribution in [0, 0.1) is 0 Å². The average molecular weight is 577 g/mol. The zero-order valence-electron chi connectivity index (χ0n) is 9.99. The molecule has 106 valence electrons. The summed E-state index contributed by atoms with van der Waals surface area (Å²) in [7, 11) is 0. The summed E-state index contributed by atoms with van der Waals surface area (Å²) in [5.74, 6) is 0. The Morgan fingerprint density at radius 3 is 1.94 bits per heavy atom. The lowest BCUT2D eigenvalue weighted by Crippen LogP contribution is -2.40. The summed E-state index contributed by atoms with van der Waals surface area (Å²) in [4.78, 5) is 0. The Balaban J connectivity index is 2.97. The molecule has 0 aliphatic heterocycles. The van der Waals surface area contributed by atoms with Gasteiger partial charge in [0.05, 0.1) is 0 Å². The molecule has 0 aromatic carbocycles. The van der Waals surface area contributed by atoms with Crippen LogP contribution in [0.15, 0.2) is 8.96 Å². The van der Waals surface area contributed by atoms with E-state index in [2.05, 4.69) is 79.6 Å². The van der Waals surface area contributed by atoms with Crippen LogP contribution in [0.5, 0.6) is 0 Å². The van der Waals surface area contributed by atoms with Gasteiger partial charge in [-0.15, -0.1) is 0 Å². The first kappa shape index (κ1) is 18.1. The molecule has 0 saturated carbocycles. The van der Waals surface area contributed by atoms with E-state index in [0.29, 0.717) is 6.42 Å². The van der Waals surface area contributed by atoms with E-state index >= 15 is 0 Å². The highest BCUT2D eigenvalue weighted by molar-refractivity contribution is 9.27. The fourth-order valence-corrected chi connectivity index (χ4v) is 5.21. The van der Waals surface area contributed by atoms with Crippen LogP contribution >= 0.6 is 79.6 Å². The summed E-state index contributed by atoms with van der Waals surface area (Å²) < 4.78 is 0.284.